The van der Waals surface area contributed by atoms with Gasteiger partial charge in [0.25, 0.3) is 0 Å². The molecule has 6 nitrogen and oxygen atoms in total. The summed E-state index contributed by atoms with van der Waals surface area (Å²) >= 11 is 0. The summed E-state index contributed by atoms with van der Waals surface area (Å²) in [5.41, 5.74) is 1.66. The highest BCUT2D eigenvalue weighted by molar-refractivity contribution is 5.91. The van der Waals surface area contributed by atoms with Crippen molar-refractivity contribution in [2.24, 2.45) is 0 Å². The molecule has 3 amide bonds. The monoisotopic (exact) mass is 393 g/mol. The molecule has 0 aliphatic carbocycles. The van der Waals surface area contributed by atoms with Crippen molar-refractivity contribution >= 4 is 17.6 Å². The predicted molar refractivity (Wildman–Crippen MR) is 114 cm³/mol. The smallest absolute Gasteiger partial charge is 0.319 e. The van der Waals surface area contributed by atoms with Gasteiger partial charge in [-0.3, -0.25) is 4.79 Å². The van der Waals surface area contributed by atoms with E-state index in [0.717, 1.165) is 18.4 Å². The Labute approximate surface area is 171 Å². The highest BCUT2D eigenvalue weighted by atomic mass is 16.5. The lowest BCUT2D eigenvalue weighted by Crippen LogP contribution is -2.41. The van der Waals surface area contributed by atoms with Gasteiger partial charge in [-0.25, -0.2) is 4.79 Å². The maximum absolute atomic E-state index is 12.5. The summed E-state index contributed by atoms with van der Waals surface area (Å²) in [5, 5.41) is 5.83. The molecule has 0 unspecified atom stereocenters. The number of amides is 3. The van der Waals surface area contributed by atoms with E-state index in [2.05, 4.69) is 17.2 Å². The molecule has 1 aliphatic rings. The minimum absolute atomic E-state index is 0.00174. The Bertz CT molecular complexity index is 845. The van der Waals surface area contributed by atoms with Gasteiger partial charge in [-0.05, 0) is 30.7 Å². The highest BCUT2D eigenvalue weighted by Gasteiger charge is 2.23. The fraction of sp³-hybridized carbons (Fsp3) is 0.304. The van der Waals surface area contributed by atoms with Crippen molar-refractivity contribution < 1.29 is 14.3 Å². The van der Waals surface area contributed by atoms with Gasteiger partial charge in [-0.15, -0.1) is 0 Å². The van der Waals surface area contributed by atoms with Crippen LogP contribution in [0.25, 0.3) is 0 Å². The SMILES string of the molecule is C=CC(=O)N1CCC(Oc2ccccc2NC(=O)N[C@H](C)c2ccccc2)CC1. The number of benzene rings is 2. The zero-order chi connectivity index (χ0) is 20.6. The normalized spacial score (nSPS) is 15.3. The number of hydrogen-bond acceptors (Lipinski definition) is 3. The van der Waals surface area contributed by atoms with Gasteiger partial charge in [-0.2, -0.15) is 0 Å². The van der Waals surface area contributed by atoms with Crippen LogP contribution in [0.1, 0.15) is 31.4 Å². The molecule has 6 heteroatoms. The van der Waals surface area contributed by atoms with E-state index in [4.69, 9.17) is 4.74 Å². The third kappa shape index (κ3) is 5.60. The second-order valence-electron chi connectivity index (χ2n) is 7.07. The van der Waals surface area contributed by atoms with Crippen LogP contribution in [0.15, 0.2) is 67.3 Å². The van der Waals surface area contributed by atoms with E-state index in [1.165, 1.54) is 6.08 Å². The fourth-order valence-electron chi connectivity index (χ4n) is 3.36. The Balaban J connectivity index is 1.57. The van der Waals surface area contributed by atoms with Gasteiger partial charge in [0.05, 0.1) is 11.7 Å². The molecule has 1 saturated heterocycles. The first-order chi connectivity index (χ1) is 14.1. The maximum atomic E-state index is 12.5. The quantitative estimate of drug-likeness (QED) is 0.725. The van der Waals surface area contributed by atoms with Crippen LogP contribution < -0.4 is 15.4 Å². The Morgan fingerprint density at radius 3 is 2.45 bits per heavy atom. The molecule has 3 rings (SSSR count). The van der Waals surface area contributed by atoms with Crippen LogP contribution in [0.4, 0.5) is 10.5 Å². The summed E-state index contributed by atoms with van der Waals surface area (Å²) in [6.07, 6.45) is 2.82. The number of likely N-dealkylation sites (tertiary alicyclic amines) is 1. The van der Waals surface area contributed by atoms with E-state index >= 15 is 0 Å². The number of carbonyl (C=O) groups is 2. The van der Waals surface area contributed by atoms with Crippen molar-refractivity contribution in [3.05, 3.63) is 72.8 Å². The van der Waals surface area contributed by atoms with Crippen molar-refractivity contribution in [2.45, 2.75) is 31.9 Å². The summed E-state index contributed by atoms with van der Waals surface area (Å²) in [5.74, 6) is 0.582. The zero-order valence-electron chi connectivity index (χ0n) is 16.6. The lowest BCUT2D eigenvalue weighted by Gasteiger charge is -2.32. The summed E-state index contributed by atoms with van der Waals surface area (Å²) in [6.45, 7) is 6.75. The van der Waals surface area contributed by atoms with E-state index in [-0.39, 0.29) is 24.1 Å². The first-order valence-electron chi connectivity index (χ1n) is 9.86. The van der Waals surface area contributed by atoms with Crippen molar-refractivity contribution in [1.29, 1.82) is 0 Å². The van der Waals surface area contributed by atoms with Gasteiger partial charge in [0.1, 0.15) is 11.9 Å². The van der Waals surface area contributed by atoms with Crippen molar-refractivity contribution in [3.8, 4) is 5.75 Å². The molecule has 29 heavy (non-hydrogen) atoms. The molecule has 0 saturated carbocycles. The average Bonchev–Trinajstić information content (AvgIpc) is 2.75. The van der Waals surface area contributed by atoms with Crippen LogP contribution in [0.3, 0.4) is 0 Å². The van der Waals surface area contributed by atoms with Crippen LogP contribution in [0.5, 0.6) is 5.75 Å². The molecule has 0 radical (unpaired) electrons. The number of nitrogens with one attached hydrogen (secondary N) is 2. The number of piperidine rings is 1. The van der Waals surface area contributed by atoms with Crippen LogP contribution >= 0.6 is 0 Å². The summed E-state index contributed by atoms with van der Waals surface area (Å²) in [4.78, 5) is 25.9. The molecule has 152 valence electrons. The minimum Gasteiger partial charge on any atom is -0.488 e. The maximum Gasteiger partial charge on any atom is 0.319 e. The van der Waals surface area contributed by atoms with Crippen molar-refractivity contribution in [1.82, 2.24) is 10.2 Å². The molecule has 0 bridgehead atoms. The number of hydrogen-bond donors (Lipinski definition) is 2. The average molecular weight is 393 g/mol. The van der Waals surface area contributed by atoms with Crippen LogP contribution in [0.2, 0.25) is 0 Å². The highest BCUT2D eigenvalue weighted by Crippen LogP contribution is 2.27. The molecule has 2 N–H and O–H groups in total. The van der Waals surface area contributed by atoms with E-state index < -0.39 is 0 Å². The Kier molecular flexibility index (Phi) is 6.89. The number of carbonyl (C=O) groups excluding carboxylic acids is 2. The van der Waals surface area contributed by atoms with E-state index in [9.17, 15) is 9.59 Å². The zero-order valence-corrected chi connectivity index (χ0v) is 16.6. The Hall–Kier alpha value is -3.28. The summed E-state index contributed by atoms with van der Waals surface area (Å²) in [7, 11) is 0. The topological polar surface area (TPSA) is 70.7 Å². The second-order valence-corrected chi connectivity index (χ2v) is 7.07. The number of ether oxygens (including phenoxy) is 1. The van der Waals surface area contributed by atoms with Crippen LogP contribution in [-0.4, -0.2) is 36.0 Å². The van der Waals surface area contributed by atoms with Crippen molar-refractivity contribution in [2.75, 3.05) is 18.4 Å². The van der Waals surface area contributed by atoms with E-state index in [0.29, 0.717) is 24.5 Å². The summed E-state index contributed by atoms with van der Waals surface area (Å²) < 4.78 is 6.13. The predicted octanol–water partition coefficient (Wildman–Crippen LogP) is 4.13. The van der Waals surface area contributed by atoms with Gasteiger partial charge in [0.15, 0.2) is 0 Å². The molecular formula is C23H27N3O3. The van der Waals surface area contributed by atoms with Crippen molar-refractivity contribution in [3.63, 3.8) is 0 Å². The van der Waals surface area contributed by atoms with E-state index in [1.54, 1.807) is 4.90 Å². The molecule has 1 fully saturated rings. The molecule has 1 atom stereocenters. The summed E-state index contributed by atoms with van der Waals surface area (Å²) in [6, 6.07) is 16.8. The lowest BCUT2D eigenvalue weighted by atomic mass is 10.1. The largest absolute Gasteiger partial charge is 0.488 e. The number of urea groups is 1. The molecule has 2 aromatic rings. The Morgan fingerprint density at radius 1 is 1.10 bits per heavy atom. The molecule has 1 heterocycles. The third-order valence-corrected chi connectivity index (χ3v) is 5.00. The number of anilines is 1. The standard InChI is InChI=1S/C23H27N3O3/c1-3-22(27)26-15-13-19(14-16-26)29-21-12-8-7-11-20(21)25-23(28)24-17(2)18-9-5-4-6-10-18/h3-12,17,19H,1,13-16H2,2H3,(H2,24,25,28)/t17-/m1/s1. The van der Waals surface area contributed by atoms with Gasteiger partial charge in [0.2, 0.25) is 5.91 Å². The molecule has 2 aromatic carbocycles. The minimum atomic E-state index is -0.288. The molecule has 0 spiro atoms. The number of rotatable bonds is 6. The molecule has 1 aliphatic heterocycles. The molecule has 0 aromatic heterocycles. The first kappa shape index (κ1) is 20.5. The Morgan fingerprint density at radius 2 is 1.76 bits per heavy atom. The van der Waals surface area contributed by atoms with Gasteiger partial charge in [0, 0.05) is 25.9 Å². The van der Waals surface area contributed by atoms with E-state index in [1.807, 2.05) is 61.5 Å². The first-order valence-corrected chi connectivity index (χ1v) is 9.86. The fourth-order valence-corrected chi connectivity index (χ4v) is 3.36. The third-order valence-electron chi connectivity index (χ3n) is 5.00. The number of nitrogens with zero attached hydrogens (tertiary/aromatic N) is 1. The molecular weight excluding hydrogens is 366 g/mol. The lowest BCUT2D eigenvalue weighted by molar-refractivity contribution is -0.127. The number of para-hydroxylation sites is 2. The van der Waals surface area contributed by atoms with Crippen LogP contribution in [0, 0.1) is 0 Å². The van der Waals surface area contributed by atoms with Gasteiger partial charge < -0.3 is 20.3 Å². The second kappa shape index (κ2) is 9.78. The van der Waals surface area contributed by atoms with Gasteiger partial charge in [-0.1, -0.05) is 49.0 Å². The van der Waals surface area contributed by atoms with Crippen LogP contribution in [-0.2, 0) is 4.79 Å². The van der Waals surface area contributed by atoms with Gasteiger partial charge >= 0.3 is 6.03 Å².